The summed E-state index contributed by atoms with van der Waals surface area (Å²) in [7, 11) is 0. The zero-order valence-electron chi connectivity index (χ0n) is 3.74. The lowest BCUT2D eigenvalue weighted by Gasteiger charge is -1.57. The Bertz CT molecular complexity index is 234. The molecule has 5 heteroatoms. The van der Waals surface area contributed by atoms with Gasteiger partial charge >= 0.3 is 5.71 Å². The molecule has 0 amide bonds. The molecule has 5 nitrogen and oxygen atoms in total. The molecule has 0 saturated carbocycles. The van der Waals surface area contributed by atoms with Crippen molar-refractivity contribution < 1.29 is 9.15 Å². The van der Waals surface area contributed by atoms with E-state index in [0.717, 1.165) is 0 Å². The van der Waals surface area contributed by atoms with Crippen LogP contribution in [0.4, 0.5) is 0 Å². The van der Waals surface area contributed by atoms with Crippen molar-refractivity contribution >= 4 is 11.2 Å². The molecule has 0 aliphatic rings. The van der Waals surface area contributed by atoms with Crippen LogP contribution in [-0.4, -0.2) is 15.5 Å². The van der Waals surface area contributed by atoms with Gasteiger partial charge in [0.25, 0.3) is 0 Å². The second kappa shape index (κ2) is 1.06. The first-order valence-corrected chi connectivity index (χ1v) is 2.00. The average molecular weight is 111 g/mol. The molecule has 8 heavy (non-hydrogen) atoms. The number of hydrogen-bond donors (Lipinski definition) is 0. The van der Waals surface area contributed by atoms with Crippen LogP contribution in [0.5, 0.6) is 0 Å². The Balaban J connectivity index is 3.06. The molecule has 0 bridgehead atoms. The maximum Gasteiger partial charge on any atom is 0.317 e. The SMILES string of the molecule is c1noc2nonc12. The zero-order chi connectivity index (χ0) is 5.40. The van der Waals surface area contributed by atoms with Crippen molar-refractivity contribution in [3.05, 3.63) is 6.20 Å². The Morgan fingerprint density at radius 1 is 1.38 bits per heavy atom. The molecule has 0 spiro atoms. The van der Waals surface area contributed by atoms with E-state index < -0.39 is 0 Å². The van der Waals surface area contributed by atoms with Crippen LogP contribution >= 0.6 is 0 Å². The molecule has 0 aliphatic heterocycles. The van der Waals surface area contributed by atoms with Crippen LogP contribution in [0.25, 0.3) is 11.2 Å². The smallest absolute Gasteiger partial charge is 0.317 e. The van der Waals surface area contributed by atoms with E-state index in [2.05, 4.69) is 24.6 Å². The van der Waals surface area contributed by atoms with Gasteiger partial charge in [0.05, 0.1) is 0 Å². The van der Waals surface area contributed by atoms with Crippen molar-refractivity contribution in [3.63, 3.8) is 0 Å². The monoisotopic (exact) mass is 111 g/mol. The minimum atomic E-state index is 0.338. The highest BCUT2D eigenvalue weighted by Gasteiger charge is 2.00. The van der Waals surface area contributed by atoms with Gasteiger partial charge in [-0.3, -0.25) is 0 Å². The third-order valence-corrected chi connectivity index (χ3v) is 0.796. The van der Waals surface area contributed by atoms with Crippen LogP contribution < -0.4 is 0 Å². The molecule has 0 aliphatic carbocycles. The summed E-state index contributed by atoms with van der Waals surface area (Å²) in [6, 6.07) is 0. The van der Waals surface area contributed by atoms with Crippen LogP contribution in [-0.2, 0) is 0 Å². The largest absolute Gasteiger partial charge is 0.331 e. The van der Waals surface area contributed by atoms with Gasteiger partial charge in [0.15, 0.2) is 5.52 Å². The van der Waals surface area contributed by atoms with Crippen LogP contribution in [0.2, 0.25) is 0 Å². The molecular weight excluding hydrogens is 110 g/mol. The highest BCUT2D eigenvalue weighted by atomic mass is 16.6. The van der Waals surface area contributed by atoms with Gasteiger partial charge < -0.3 is 4.52 Å². The molecule has 0 atom stereocenters. The van der Waals surface area contributed by atoms with Crippen molar-refractivity contribution in [1.29, 1.82) is 0 Å². The third kappa shape index (κ3) is 0.281. The Hall–Kier alpha value is -1.39. The summed E-state index contributed by atoms with van der Waals surface area (Å²) in [5, 5.41) is 10.2. The lowest BCUT2D eigenvalue weighted by Crippen LogP contribution is -1.54. The van der Waals surface area contributed by atoms with Crippen LogP contribution in [0.1, 0.15) is 0 Å². The van der Waals surface area contributed by atoms with E-state index in [1.807, 2.05) is 0 Å². The summed E-state index contributed by atoms with van der Waals surface area (Å²) in [4.78, 5) is 0. The first kappa shape index (κ1) is 3.59. The minimum absolute atomic E-state index is 0.338. The second-order valence-corrected chi connectivity index (χ2v) is 1.28. The van der Waals surface area contributed by atoms with Crippen molar-refractivity contribution in [2.75, 3.05) is 0 Å². The first-order valence-electron chi connectivity index (χ1n) is 2.00. The van der Waals surface area contributed by atoms with Gasteiger partial charge in [0.1, 0.15) is 6.20 Å². The fourth-order valence-electron chi connectivity index (χ4n) is 0.456. The first-order chi connectivity index (χ1) is 3.97. The van der Waals surface area contributed by atoms with E-state index in [1.54, 1.807) is 0 Å². The molecule has 2 aromatic heterocycles. The number of nitrogens with zero attached hydrogens (tertiary/aromatic N) is 3. The molecule has 0 fully saturated rings. The normalized spacial score (nSPS) is 10.5. The fraction of sp³-hybridized carbons (Fsp3) is 0. The molecule has 40 valence electrons. The van der Waals surface area contributed by atoms with Gasteiger partial charge in [0, 0.05) is 0 Å². The van der Waals surface area contributed by atoms with Gasteiger partial charge in [-0.2, -0.15) is 0 Å². The third-order valence-electron chi connectivity index (χ3n) is 0.796. The lowest BCUT2D eigenvalue weighted by atomic mass is 10.6. The summed E-state index contributed by atoms with van der Waals surface area (Å²) >= 11 is 0. The average Bonchev–Trinajstić information content (AvgIpc) is 2.15. The molecule has 0 saturated heterocycles. The predicted molar refractivity (Wildman–Crippen MR) is 21.9 cm³/mol. The predicted octanol–water partition coefficient (Wildman–Crippen LogP) is 0.211. The number of hydrogen-bond acceptors (Lipinski definition) is 5. The summed E-state index contributed by atoms with van der Waals surface area (Å²) in [5.74, 6) is 0. The van der Waals surface area contributed by atoms with Crippen LogP contribution in [0.3, 0.4) is 0 Å². The van der Waals surface area contributed by atoms with Gasteiger partial charge in [-0.15, -0.1) is 0 Å². The number of rotatable bonds is 0. The van der Waals surface area contributed by atoms with Crippen molar-refractivity contribution in [2.45, 2.75) is 0 Å². The number of aromatic nitrogens is 3. The maximum absolute atomic E-state index is 4.54. The van der Waals surface area contributed by atoms with Gasteiger partial charge in [-0.05, 0) is 10.3 Å². The summed E-state index contributed by atoms with van der Waals surface area (Å²) in [6.07, 6.45) is 1.44. The Morgan fingerprint density at radius 3 is 3.25 bits per heavy atom. The quantitative estimate of drug-likeness (QED) is 0.486. The molecule has 0 N–H and O–H groups in total. The standard InChI is InChI=1S/C3HN3O2/c1-2-3(7-4-1)6-8-5-2/h1H. The van der Waals surface area contributed by atoms with E-state index in [-0.39, 0.29) is 0 Å². The molecule has 2 aromatic rings. The van der Waals surface area contributed by atoms with Gasteiger partial charge in [-0.1, -0.05) is 5.16 Å². The van der Waals surface area contributed by atoms with Crippen molar-refractivity contribution in [1.82, 2.24) is 15.5 Å². The Kier molecular flexibility index (Phi) is 0.476. The Morgan fingerprint density at radius 2 is 2.38 bits per heavy atom. The molecule has 0 unspecified atom stereocenters. The van der Waals surface area contributed by atoms with Crippen LogP contribution in [0, 0.1) is 0 Å². The van der Waals surface area contributed by atoms with E-state index in [0.29, 0.717) is 11.2 Å². The summed E-state index contributed by atoms with van der Waals surface area (Å²) in [5.41, 5.74) is 0.884. The molecular formula is C3HN3O2. The number of fused-ring (bicyclic) bond motifs is 1. The van der Waals surface area contributed by atoms with Crippen molar-refractivity contribution in [2.24, 2.45) is 0 Å². The Labute approximate surface area is 43.2 Å². The molecule has 0 radical (unpaired) electrons. The van der Waals surface area contributed by atoms with Gasteiger partial charge in [-0.25, -0.2) is 4.63 Å². The van der Waals surface area contributed by atoms with E-state index in [9.17, 15) is 0 Å². The molecule has 2 rings (SSSR count). The van der Waals surface area contributed by atoms with E-state index >= 15 is 0 Å². The van der Waals surface area contributed by atoms with E-state index in [4.69, 9.17) is 0 Å². The van der Waals surface area contributed by atoms with Gasteiger partial charge in [0.2, 0.25) is 0 Å². The zero-order valence-corrected chi connectivity index (χ0v) is 3.74. The summed E-state index contributed by atoms with van der Waals surface area (Å²) in [6.45, 7) is 0. The van der Waals surface area contributed by atoms with Crippen LogP contribution in [0.15, 0.2) is 15.3 Å². The fourth-order valence-corrected chi connectivity index (χ4v) is 0.456. The summed E-state index contributed by atoms with van der Waals surface area (Å²) < 4.78 is 8.81. The molecule has 0 aromatic carbocycles. The minimum Gasteiger partial charge on any atom is -0.331 e. The highest BCUT2D eigenvalue weighted by molar-refractivity contribution is 5.63. The van der Waals surface area contributed by atoms with E-state index in [1.165, 1.54) is 6.20 Å². The topological polar surface area (TPSA) is 65.0 Å². The maximum atomic E-state index is 4.54. The lowest BCUT2D eigenvalue weighted by molar-refractivity contribution is 0.299. The molecule has 2 heterocycles. The second-order valence-electron chi connectivity index (χ2n) is 1.28. The highest BCUT2D eigenvalue weighted by Crippen LogP contribution is 2.03. The van der Waals surface area contributed by atoms with Crippen molar-refractivity contribution in [3.8, 4) is 0 Å².